The zero-order valence-electron chi connectivity index (χ0n) is 12.8. The molecule has 4 heteroatoms. The smallest absolute Gasteiger partial charge is 0.0451 e. The van der Waals surface area contributed by atoms with Crippen LogP contribution in [0.25, 0.3) is 0 Å². The van der Waals surface area contributed by atoms with Crippen LogP contribution in [0, 0.1) is 5.92 Å². The first-order chi connectivity index (χ1) is 10.9. The number of rotatable bonds is 3. The molecule has 0 aliphatic carbocycles. The molecule has 0 bridgehead atoms. The second-order valence-electron chi connectivity index (χ2n) is 7.11. The predicted octanol–water partition coefficient (Wildman–Crippen LogP) is 4.22. The Morgan fingerprint density at radius 1 is 1.18 bits per heavy atom. The van der Waals surface area contributed by atoms with Crippen molar-refractivity contribution in [3.05, 3.63) is 44.8 Å². The second kappa shape index (κ2) is 5.17. The lowest BCUT2D eigenvalue weighted by Gasteiger charge is -2.34. The van der Waals surface area contributed by atoms with Crippen molar-refractivity contribution in [2.24, 2.45) is 5.92 Å². The average Bonchev–Trinajstić information content (AvgIpc) is 3.25. The van der Waals surface area contributed by atoms with Crippen molar-refractivity contribution in [2.45, 2.75) is 37.4 Å². The normalized spacial score (nSPS) is 35.1. The van der Waals surface area contributed by atoms with Crippen LogP contribution >= 0.6 is 22.7 Å². The Labute approximate surface area is 140 Å². The fraction of sp³-hybridized carbons (Fsp3) is 0.556. The number of likely N-dealkylation sites (tertiary alicyclic amines) is 1. The molecular weight excluding hydrogens is 308 g/mol. The molecule has 0 amide bonds. The van der Waals surface area contributed by atoms with E-state index < -0.39 is 0 Å². The van der Waals surface area contributed by atoms with Gasteiger partial charge in [-0.3, -0.25) is 9.80 Å². The molecule has 0 unspecified atom stereocenters. The Morgan fingerprint density at radius 3 is 2.91 bits per heavy atom. The molecule has 3 aliphatic heterocycles. The third-order valence-electron chi connectivity index (χ3n) is 6.03. The van der Waals surface area contributed by atoms with Crippen molar-refractivity contribution in [1.82, 2.24) is 9.80 Å². The van der Waals surface area contributed by atoms with E-state index in [1.54, 1.807) is 4.88 Å². The molecule has 22 heavy (non-hydrogen) atoms. The Kier molecular flexibility index (Phi) is 3.22. The monoisotopic (exact) mass is 330 g/mol. The summed E-state index contributed by atoms with van der Waals surface area (Å²) in [6.45, 7) is 5.06. The maximum absolute atomic E-state index is 2.89. The molecule has 2 nitrogen and oxygen atoms in total. The van der Waals surface area contributed by atoms with Crippen LogP contribution in [-0.2, 0) is 6.54 Å². The van der Waals surface area contributed by atoms with Gasteiger partial charge in [-0.1, -0.05) is 12.1 Å². The standard InChI is InChI=1S/C18H22N2S2/c1-4-15(21-8-1)12-19-11-14-10-16(17-5-2-9-22-17)20-7-3-6-18(14,20)13-19/h1-2,4-5,8-9,14,16H,3,6-7,10-13H2/t14-,16-,18-/m1/s1. The van der Waals surface area contributed by atoms with Gasteiger partial charge in [0.1, 0.15) is 0 Å². The minimum atomic E-state index is 0.492. The Hall–Kier alpha value is -0.680. The SMILES string of the molecule is c1csc(CN2C[C@H]3C[C@H](c4cccs4)N4CCC[C@@]34C2)c1. The Morgan fingerprint density at radius 2 is 2.09 bits per heavy atom. The van der Waals surface area contributed by atoms with E-state index in [1.165, 1.54) is 43.8 Å². The molecule has 1 spiro atoms. The maximum atomic E-state index is 2.89. The van der Waals surface area contributed by atoms with Crippen molar-refractivity contribution < 1.29 is 0 Å². The predicted molar refractivity (Wildman–Crippen MR) is 93.4 cm³/mol. The highest BCUT2D eigenvalue weighted by Gasteiger charge is 2.59. The summed E-state index contributed by atoms with van der Waals surface area (Å²) in [5.74, 6) is 0.877. The largest absolute Gasteiger partial charge is 0.296 e. The van der Waals surface area contributed by atoms with E-state index in [2.05, 4.69) is 44.8 Å². The third kappa shape index (κ3) is 1.97. The highest BCUT2D eigenvalue weighted by molar-refractivity contribution is 7.10. The Bertz CT molecular complexity index is 636. The van der Waals surface area contributed by atoms with Gasteiger partial charge in [-0.2, -0.15) is 0 Å². The zero-order chi connectivity index (χ0) is 14.6. The van der Waals surface area contributed by atoms with Crippen LogP contribution in [0.2, 0.25) is 0 Å². The molecule has 0 aromatic carbocycles. The van der Waals surface area contributed by atoms with E-state index in [4.69, 9.17) is 0 Å². The molecule has 116 valence electrons. The summed E-state index contributed by atoms with van der Waals surface area (Å²) in [4.78, 5) is 8.73. The highest BCUT2D eigenvalue weighted by atomic mass is 32.1. The Balaban J connectivity index is 1.39. The van der Waals surface area contributed by atoms with E-state index in [1.807, 2.05) is 22.7 Å². The van der Waals surface area contributed by atoms with Gasteiger partial charge in [0.25, 0.3) is 0 Å². The fourth-order valence-electron chi connectivity index (χ4n) is 5.24. The van der Waals surface area contributed by atoms with Gasteiger partial charge in [-0.15, -0.1) is 22.7 Å². The van der Waals surface area contributed by atoms with Gasteiger partial charge in [0.2, 0.25) is 0 Å². The lowest BCUT2D eigenvalue weighted by atomic mass is 9.86. The number of nitrogens with zero attached hydrogens (tertiary/aromatic N) is 2. The van der Waals surface area contributed by atoms with Gasteiger partial charge in [-0.25, -0.2) is 0 Å². The summed E-state index contributed by atoms with van der Waals surface area (Å²) in [5.41, 5.74) is 0.492. The molecule has 3 atom stereocenters. The van der Waals surface area contributed by atoms with Crippen LogP contribution < -0.4 is 0 Å². The van der Waals surface area contributed by atoms with Crippen molar-refractivity contribution in [3.8, 4) is 0 Å². The van der Waals surface area contributed by atoms with Gasteiger partial charge in [0, 0.05) is 41.0 Å². The highest BCUT2D eigenvalue weighted by Crippen LogP contribution is 2.56. The van der Waals surface area contributed by atoms with Crippen LogP contribution in [-0.4, -0.2) is 35.0 Å². The third-order valence-corrected chi connectivity index (χ3v) is 7.87. The van der Waals surface area contributed by atoms with Gasteiger partial charge >= 0.3 is 0 Å². The number of hydrogen-bond donors (Lipinski definition) is 0. The fourth-order valence-corrected chi connectivity index (χ4v) is 6.84. The van der Waals surface area contributed by atoms with Gasteiger partial charge < -0.3 is 0 Å². The summed E-state index contributed by atoms with van der Waals surface area (Å²) < 4.78 is 0. The molecule has 2 aromatic heterocycles. The van der Waals surface area contributed by atoms with Crippen LogP contribution in [0.1, 0.15) is 35.1 Å². The van der Waals surface area contributed by atoms with E-state index in [0.29, 0.717) is 11.6 Å². The first kappa shape index (κ1) is 13.7. The van der Waals surface area contributed by atoms with Crippen LogP contribution in [0.4, 0.5) is 0 Å². The van der Waals surface area contributed by atoms with Crippen molar-refractivity contribution >= 4 is 22.7 Å². The molecule has 3 fully saturated rings. The van der Waals surface area contributed by atoms with Crippen molar-refractivity contribution in [2.75, 3.05) is 19.6 Å². The zero-order valence-corrected chi connectivity index (χ0v) is 14.4. The number of hydrogen-bond acceptors (Lipinski definition) is 4. The maximum Gasteiger partial charge on any atom is 0.0451 e. The van der Waals surface area contributed by atoms with Gasteiger partial charge in [0.15, 0.2) is 0 Å². The minimum Gasteiger partial charge on any atom is -0.296 e. The first-order valence-corrected chi connectivity index (χ1v) is 10.2. The minimum absolute atomic E-state index is 0.492. The first-order valence-electron chi connectivity index (χ1n) is 8.40. The lowest BCUT2D eigenvalue weighted by molar-refractivity contribution is 0.133. The molecule has 3 saturated heterocycles. The topological polar surface area (TPSA) is 6.48 Å². The van der Waals surface area contributed by atoms with Crippen molar-refractivity contribution in [1.29, 1.82) is 0 Å². The molecule has 3 aliphatic rings. The van der Waals surface area contributed by atoms with Crippen LogP contribution in [0.3, 0.4) is 0 Å². The molecular formula is C18H22N2S2. The molecule has 2 aromatic rings. The van der Waals surface area contributed by atoms with E-state index in [0.717, 1.165) is 12.5 Å². The molecule has 5 rings (SSSR count). The van der Waals surface area contributed by atoms with Crippen LogP contribution in [0.15, 0.2) is 35.0 Å². The molecule has 0 saturated carbocycles. The quantitative estimate of drug-likeness (QED) is 0.831. The molecule has 5 heterocycles. The summed E-state index contributed by atoms with van der Waals surface area (Å²) in [6.07, 6.45) is 4.19. The van der Waals surface area contributed by atoms with E-state index in [-0.39, 0.29) is 0 Å². The lowest BCUT2D eigenvalue weighted by Crippen LogP contribution is -2.45. The van der Waals surface area contributed by atoms with Gasteiger partial charge in [0.05, 0.1) is 0 Å². The number of thiophene rings is 2. The van der Waals surface area contributed by atoms with E-state index >= 15 is 0 Å². The van der Waals surface area contributed by atoms with E-state index in [9.17, 15) is 0 Å². The summed E-state index contributed by atoms with van der Waals surface area (Å²) in [7, 11) is 0. The second-order valence-corrected chi connectivity index (χ2v) is 9.12. The van der Waals surface area contributed by atoms with Crippen molar-refractivity contribution in [3.63, 3.8) is 0 Å². The summed E-state index contributed by atoms with van der Waals surface area (Å²) >= 11 is 3.86. The molecule has 0 N–H and O–H groups in total. The van der Waals surface area contributed by atoms with Crippen LogP contribution in [0.5, 0.6) is 0 Å². The van der Waals surface area contributed by atoms with Gasteiger partial charge in [-0.05, 0) is 54.6 Å². The summed E-state index contributed by atoms with van der Waals surface area (Å²) in [6, 6.07) is 9.75. The average molecular weight is 331 g/mol. The summed E-state index contributed by atoms with van der Waals surface area (Å²) in [5, 5.41) is 4.45. The molecule has 0 radical (unpaired) electrons.